The first kappa shape index (κ1) is 13.3. The van der Waals surface area contributed by atoms with Crippen LogP contribution in [-0.2, 0) is 4.74 Å². The summed E-state index contributed by atoms with van der Waals surface area (Å²) in [5.74, 6) is 0.343. The number of benzene rings is 2. The second-order valence-corrected chi connectivity index (χ2v) is 6.45. The maximum atomic E-state index is 10.5. The zero-order valence-corrected chi connectivity index (χ0v) is 12.3. The summed E-state index contributed by atoms with van der Waals surface area (Å²) in [5.41, 5.74) is 3.27. The maximum absolute atomic E-state index is 10.5. The predicted molar refractivity (Wildman–Crippen MR) is 83.2 cm³/mol. The van der Waals surface area contributed by atoms with Gasteiger partial charge in [-0.25, -0.2) is 0 Å². The van der Waals surface area contributed by atoms with Crippen LogP contribution < -0.4 is 0 Å². The van der Waals surface area contributed by atoms with Gasteiger partial charge in [0.25, 0.3) is 0 Å². The minimum absolute atomic E-state index is 0.343. The molecule has 0 radical (unpaired) electrons. The number of fused-ring (bicyclic) bond motifs is 1. The van der Waals surface area contributed by atoms with Gasteiger partial charge in [0, 0.05) is 5.02 Å². The van der Waals surface area contributed by atoms with E-state index >= 15 is 0 Å². The molecule has 2 fully saturated rings. The van der Waals surface area contributed by atoms with Crippen molar-refractivity contribution < 1.29 is 9.84 Å². The zero-order valence-electron chi connectivity index (χ0n) is 11.6. The van der Waals surface area contributed by atoms with Gasteiger partial charge in [-0.3, -0.25) is 0 Å². The molecule has 4 rings (SSSR count). The van der Waals surface area contributed by atoms with E-state index in [4.69, 9.17) is 16.3 Å². The molecule has 4 atom stereocenters. The molecule has 1 saturated carbocycles. The molecular weight excluding hydrogens is 284 g/mol. The quantitative estimate of drug-likeness (QED) is 0.861. The molecule has 0 amide bonds. The molecule has 1 N–H and O–H groups in total. The lowest BCUT2D eigenvalue weighted by atomic mass is 9.92. The summed E-state index contributed by atoms with van der Waals surface area (Å²) in [6.07, 6.45) is 2.44. The predicted octanol–water partition coefficient (Wildman–Crippen LogP) is 4.22. The van der Waals surface area contributed by atoms with Crippen molar-refractivity contribution in [1.29, 1.82) is 0 Å². The highest BCUT2D eigenvalue weighted by atomic mass is 35.5. The van der Waals surface area contributed by atoms with Crippen molar-refractivity contribution in [2.45, 2.75) is 31.2 Å². The molecule has 0 aromatic heterocycles. The van der Waals surface area contributed by atoms with Crippen molar-refractivity contribution >= 4 is 11.6 Å². The average molecular weight is 301 g/mol. The summed E-state index contributed by atoms with van der Waals surface area (Å²) in [6, 6.07) is 16.0. The van der Waals surface area contributed by atoms with Gasteiger partial charge >= 0.3 is 0 Å². The van der Waals surface area contributed by atoms with Crippen LogP contribution >= 0.6 is 11.6 Å². The summed E-state index contributed by atoms with van der Waals surface area (Å²) < 4.78 is 5.43. The summed E-state index contributed by atoms with van der Waals surface area (Å²) in [4.78, 5) is 0. The maximum Gasteiger partial charge on any atom is 0.0845 e. The van der Waals surface area contributed by atoms with Gasteiger partial charge in [0.2, 0.25) is 0 Å². The van der Waals surface area contributed by atoms with Crippen LogP contribution in [0.15, 0.2) is 48.5 Å². The molecule has 1 saturated heterocycles. The molecule has 1 heterocycles. The molecule has 2 aromatic rings. The lowest BCUT2D eigenvalue weighted by Crippen LogP contribution is -2.11. The van der Waals surface area contributed by atoms with Crippen LogP contribution in [0.4, 0.5) is 0 Å². The first-order valence-corrected chi connectivity index (χ1v) is 7.78. The second kappa shape index (κ2) is 5.13. The van der Waals surface area contributed by atoms with Crippen LogP contribution in [-0.4, -0.2) is 17.3 Å². The molecule has 21 heavy (non-hydrogen) atoms. The summed E-state index contributed by atoms with van der Waals surface area (Å²) in [6.45, 7) is 0. The SMILES string of the molecule is O[C@H](c1ccc(-c2ccc(Cl)cc2)cc1)[C@H]1C[C@@H]2O[C@@H]2C1. The van der Waals surface area contributed by atoms with Crippen LogP contribution in [0.25, 0.3) is 11.1 Å². The Bertz CT molecular complexity index is 625. The van der Waals surface area contributed by atoms with E-state index in [9.17, 15) is 5.11 Å². The number of halogens is 1. The van der Waals surface area contributed by atoms with E-state index in [0.29, 0.717) is 18.1 Å². The highest BCUT2D eigenvalue weighted by molar-refractivity contribution is 6.30. The van der Waals surface area contributed by atoms with Crippen molar-refractivity contribution in [3.63, 3.8) is 0 Å². The number of aliphatic hydroxyl groups is 1. The van der Waals surface area contributed by atoms with Crippen LogP contribution in [0.2, 0.25) is 5.02 Å². The Morgan fingerprint density at radius 1 is 0.905 bits per heavy atom. The third kappa shape index (κ3) is 2.59. The van der Waals surface area contributed by atoms with E-state index in [1.165, 1.54) is 0 Å². The molecule has 1 aliphatic carbocycles. The molecule has 2 aromatic carbocycles. The highest BCUT2D eigenvalue weighted by Gasteiger charge is 2.49. The van der Waals surface area contributed by atoms with Gasteiger partial charge < -0.3 is 9.84 Å². The normalized spacial score (nSPS) is 28.2. The molecule has 0 spiro atoms. The topological polar surface area (TPSA) is 32.8 Å². The van der Waals surface area contributed by atoms with Crippen molar-refractivity contribution in [2.75, 3.05) is 0 Å². The van der Waals surface area contributed by atoms with Crippen molar-refractivity contribution in [2.24, 2.45) is 5.92 Å². The van der Waals surface area contributed by atoms with E-state index in [2.05, 4.69) is 12.1 Å². The Morgan fingerprint density at radius 2 is 1.43 bits per heavy atom. The zero-order chi connectivity index (χ0) is 14.4. The Hall–Kier alpha value is -1.35. The fourth-order valence-corrected chi connectivity index (χ4v) is 3.46. The standard InChI is InChI=1S/C18H17ClO2/c19-15-7-5-12(6-8-15)11-1-3-13(4-2-11)18(20)14-9-16-17(10-14)21-16/h1-8,14,16-18,20H,9-10H2/t14-,16-,17+,18-/m1/s1. The van der Waals surface area contributed by atoms with Crippen LogP contribution in [0, 0.1) is 5.92 Å². The number of aliphatic hydroxyl groups excluding tert-OH is 1. The summed E-state index contributed by atoms with van der Waals surface area (Å²) in [5, 5.41) is 11.2. The Labute approximate surface area is 129 Å². The third-order valence-corrected chi connectivity index (χ3v) is 4.89. The summed E-state index contributed by atoms with van der Waals surface area (Å²) >= 11 is 5.91. The van der Waals surface area contributed by atoms with Gasteiger partial charge in [-0.05, 0) is 47.6 Å². The van der Waals surface area contributed by atoms with Crippen molar-refractivity contribution in [3.8, 4) is 11.1 Å². The Balaban J connectivity index is 1.51. The Morgan fingerprint density at radius 3 is 2.00 bits per heavy atom. The van der Waals surface area contributed by atoms with Gasteiger partial charge in [0.05, 0.1) is 18.3 Å². The van der Waals surface area contributed by atoms with E-state index in [-0.39, 0.29) is 6.10 Å². The number of ether oxygens (including phenoxy) is 1. The number of hydrogen-bond donors (Lipinski definition) is 1. The minimum atomic E-state index is -0.374. The molecule has 108 valence electrons. The van der Waals surface area contributed by atoms with Gasteiger partial charge in [-0.2, -0.15) is 0 Å². The molecule has 2 nitrogen and oxygen atoms in total. The van der Waals surface area contributed by atoms with E-state index in [1.54, 1.807) is 0 Å². The van der Waals surface area contributed by atoms with E-state index in [1.807, 2.05) is 36.4 Å². The molecule has 0 unspecified atom stereocenters. The second-order valence-electron chi connectivity index (χ2n) is 6.02. The minimum Gasteiger partial charge on any atom is -0.388 e. The van der Waals surface area contributed by atoms with Crippen LogP contribution in [0.3, 0.4) is 0 Å². The molecule has 0 bridgehead atoms. The first-order chi connectivity index (χ1) is 10.2. The van der Waals surface area contributed by atoms with Gasteiger partial charge in [-0.15, -0.1) is 0 Å². The molecular formula is C18H17ClO2. The van der Waals surface area contributed by atoms with Gasteiger partial charge in [0.15, 0.2) is 0 Å². The molecule has 3 heteroatoms. The van der Waals surface area contributed by atoms with E-state index < -0.39 is 0 Å². The lowest BCUT2D eigenvalue weighted by molar-refractivity contribution is 0.0866. The van der Waals surface area contributed by atoms with Gasteiger partial charge in [-0.1, -0.05) is 48.0 Å². The highest BCUT2D eigenvalue weighted by Crippen LogP contribution is 2.47. The smallest absolute Gasteiger partial charge is 0.0845 e. The molecule has 1 aliphatic heterocycles. The van der Waals surface area contributed by atoms with Gasteiger partial charge in [0.1, 0.15) is 0 Å². The Kier molecular flexibility index (Phi) is 3.26. The van der Waals surface area contributed by atoms with Crippen molar-refractivity contribution in [3.05, 3.63) is 59.1 Å². The fourth-order valence-electron chi connectivity index (χ4n) is 3.33. The third-order valence-electron chi connectivity index (χ3n) is 4.63. The number of rotatable bonds is 3. The number of hydrogen-bond acceptors (Lipinski definition) is 2. The lowest BCUT2D eigenvalue weighted by Gasteiger charge is -2.19. The largest absolute Gasteiger partial charge is 0.388 e. The number of epoxide rings is 1. The molecule has 2 aliphatic rings. The monoisotopic (exact) mass is 300 g/mol. The van der Waals surface area contributed by atoms with Crippen molar-refractivity contribution in [1.82, 2.24) is 0 Å². The fraction of sp³-hybridized carbons (Fsp3) is 0.333. The van der Waals surface area contributed by atoms with E-state index in [0.717, 1.165) is 34.6 Å². The summed E-state index contributed by atoms with van der Waals surface area (Å²) in [7, 11) is 0. The van der Waals surface area contributed by atoms with Crippen LogP contribution in [0.5, 0.6) is 0 Å². The van der Waals surface area contributed by atoms with Crippen LogP contribution in [0.1, 0.15) is 24.5 Å². The average Bonchev–Trinajstić information content (AvgIpc) is 3.13. The first-order valence-electron chi connectivity index (χ1n) is 7.40.